The summed E-state index contributed by atoms with van der Waals surface area (Å²) in [6.45, 7) is 0. The van der Waals surface area contributed by atoms with Crippen molar-refractivity contribution in [1.82, 2.24) is 16.4 Å². The van der Waals surface area contributed by atoms with Gasteiger partial charge in [0.25, 0.3) is 0 Å². The van der Waals surface area contributed by atoms with Crippen molar-refractivity contribution in [2.45, 2.75) is 12.2 Å². The highest BCUT2D eigenvalue weighted by molar-refractivity contribution is 5.96. The standard InChI is InChI=1S/C18H23N5O4/c1-25-13-6-4-5-11(7-13)19-17-16(21-23-22-17)18(24)20-12-8-14(26-2)10-15(9-12)27-3/h4-10,16-17,19,21-23H,1-3H3,(H,20,24). The van der Waals surface area contributed by atoms with Crippen LogP contribution in [0.25, 0.3) is 0 Å². The van der Waals surface area contributed by atoms with Gasteiger partial charge in [0, 0.05) is 35.6 Å². The molecule has 0 bridgehead atoms. The first-order chi connectivity index (χ1) is 13.1. The van der Waals surface area contributed by atoms with E-state index >= 15 is 0 Å². The third-order valence-electron chi connectivity index (χ3n) is 4.08. The van der Waals surface area contributed by atoms with Crippen molar-refractivity contribution in [3.8, 4) is 17.2 Å². The summed E-state index contributed by atoms with van der Waals surface area (Å²) in [5, 5.41) is 6.12. The van der Waals surface area contributed by atoms with E-state index < -0.39 is 6.04 Å². The zero-order valence-electron chi connectivity index (χ0n) is 15.3. The normalized spacial score (nSPS) is 18.6. The fourth-order valence-corrected chi connectivity index (χ4v) is 2.69. The topological polar surface area (TPSA) is 105 Å². The number of nitrogens with one attached hydrogen (secondary N) is 5. The molecule has 2 atom stereocenters. The quantitative estimate of drug-likeness (QED) is 0.491. The molecule has 0 aliphatic carbocycles. The highest BCUT2D eigenvalue weighted by Crippen LogP contribution is 2.26. The summed E-state index contributed by atoms with van der Waals surface area (Å²) in [7, 11) is 4.72. The molecule has 5 N–H and O–H groups in total. The van der Waals surface area contributed by atoms with Crippen LogP contribution in [0.3, 0.4) is 0 Å². The van der Waals surface area contributed by atoms with E-state index in [9.17, 15) is 4.79 Å². The summed E-state index contributed by atoms with van der Waals surface area (Å²) >= 11 is 0. The van der Waals surface area contributed by atoms with Gasteiger partial charge in [0.1, 0.15) is 29.5 Å². The van der Waals surface area contributed by atoms with Crippen molar-refractivity contribution in [2.75, 3.05) is 32.0 Å². The lowest BCUT2D eigenvalue weighted by Gasteiger charge is -2.20. The Bertz CT molecular complexity index is 779. The summed E-state index contributed by atoms with van der Waals surface area (Å²) in [6, 6.07) is 12.1. The Balaban J connectivity index is 1.70. The molecule has 9 heteroatoms. The van der Waals surface area contributed by atoms with E-state index in [1.54, 1.807) is 39.5 Å². The van der Waals surface area contributed by atoms with Crippen LogP contribution in [0.2, 0.25) is 0 Å². The highest BCUT2D eigenvalue weighted by Gasteiger charge is 2.33. The van der Waals surface area contributed by atoms with Gasteiger partial charge in [-0.15, -0.1) is 0 Å². The van der Waals surface area contributed by atoms with Crippen LogP contribution < -0.4 is 41.2 Å². The molecule has 0 radical (unpaired) electrons. The third kappa shape index (κ3) is 4.59. The van der Waals surface area contributed by atoms with Crippen LogP contribution in [0, 0.1) is 0 Å². The van der Waals surface area contributed by atoms with Crippen molar-refractivity contribution in [3.63, 3.8) is 0 Å². The number of rotatable bonds is 7. The van der Waals surface area contributed by atoms with Crippen molar-refractivity contribution in [1.29, 1.82) is 0 Å². The van der Waals surface area contributed by atoms with Crippen LogP contribution in [0.5, 0.6) is 17.2 Å². The second-order valence-corrected chi connectivity index (χ2v) is 5.84. The number of hydrazine groups is 2. The molecule has 1 saturated heterocycles. The van der Waals surface area contributed by atoms with Crippen molar-refractivity contribution < 1.29 is 19.0 Å². The predicted molar refractivity (Wildman–Crippen MR) is 102 cm³/mol. The fourth-order valence-electron chi connectivity index (χ4n) is 2.69. The minimum Gasteiger partial charge on any atom is -0.497 e. The van der Waals surface area contributed by atoms with E-state index in [2.05, 4.69) is 27.0 Å². The van der Waals surface area contributed by atoms with Gasteiger partial charge >= 0.3 is 0 Å². The molecular formula is C18H23N5O4. The minimum atomic E-state index is -0.576. The Morgan fingerprint density at radius 2 is 1.56 bits per heavy atom. The molecule has 0 saturated carbocycles. The van der Waals surface area contributed by atoms with Crippen LogP contribution in [0.15, 0.2) is 42.5 Å². The fraction of sp³-hybridized carbons (Fsp3) is 0.278. The maximum Gasteiger partial charge on any atom is 0.246 e. The van der Waals surface area contributed by atoms with E-state index in [0.717, 1.165) is 11.4 Å². The Morgan fingerprint density at radius 1 is 0.889 bits per heavy atom. The molecule has 1 aliphatic heterocycles. The van der Waals surface area contributed by atoms with Crippen molar-refractivity contribution >= 4 is 17.3 Å². The van der Waals surface area contributed by atoms with E-state index in [-0.39, 0.29) is 12.1 Å². The maximum atomic E-state index is 12.7. The lowest BCUT2D eigenvalue weighted by Crippen LogP contribution is -2.47. The Kier molecular flexibility index (Phi) is 5.97. The predicted octanol–water partition coefficient (Wildman–Crippen LogP) is 1.07. The van der Waals surface area contributed by atoms with E-state index in [1.807, 2.05) is 24.3 Å². The van der Waals surface area contributed by atoms with E-state index in [0.29, 0.717) is 17.2 Å². The van der Waals surface area contributed by atoms with Crippen LogP contribution >= 0.6 is 0 Å². The van der Waals surface area contributed by atoms with Gasteiger partial charge in [0.05, 0.1) is 21.3 Å². The molecule has 9 nitrogen and oxygen atoms in total. The van der Waals surface area contributed by atoms with Crippen LogP contribution in [-0.4, -0.2) is 39.4 Å². The second-order valence-electron chi connectivity index (χ2n) is 5.84. The van der Waals surface area contributed by atoms with Gasteiger partial charge in [-0.25, -0.2) is 10.9 Å². The van der Waals surface area contributed by atoms with Gasteiger partial charge in [0.2, 0.25) is 5.91 Å². The molecule has 1 amide bonds. The summed E-state index contributed by atoms with van der Waals surface area (Å²) < 4.78 is 15.7. The molecule has 0 aromatic heterocycles. The van der Waals surface area contributed by atoms with Gasteiger partial charge in [-0.05, 0) is 12.1 Å². The van der Waals surface area contributed by atoms with E-state index in [1.165, 1.54) is 0 Å². The number of benzene rings is 2. The minimum absolute atomic E-state index is 0.233. The monoisotopic (exact) mass is 373 g/mol. The molecule has 2 unspecified atom stereocenters. The molecule has 1 aliphatic rings. The number of carbonyl (C=O) groups is 1. The number of amides is 1. The molecule has 2 aromatic rings. The Hall–Kier alpha value is -3.01. The number of anilines is 2. The first kappa shape index (κ1) is 18.8. The van der Waals surface area contributed by atoms with Gasteiger partial charge in [-0.1, -0.05) is 6.07 Å². The number of carbonyl (C=O) groups excluding carboxylic acids is 1. The lowest BCUT2D eigenvalue weighted by molar-refractivity contribution is -0.118. The molecule has 144 valence electrons. The summed E-state index contributed by atoms with van der Waals surface area (Å²) in [4.78, 5) is 12.7. The van der Waals surface area contributed by atoms with Crippen LogP contribution in [0.1, 0.15) is 0 Å². The van der Waals surface area contributed by atoms with Crippen LogP contribution in [0.4, 0.5) is 11.4 Å². The largest absolute Gasteiger partial charge is 0.497 e. The first-order valence-corrected chi connectivity index (χ1v) is 8.33. The average molecular weight is 373 g/mol. The van der Waals surface area contributed by atoms with Crippen LogP contribution in [-0.2, 0) is 4.79 Å². The molecule has 0 spiro atoms. The molecular weight excluding hydrogens is 350 g/mol. The first-order valence-electron chi connectivity index (χ1n) is 8.33. The zero-order chi connectivity index (χ0) is 19.2. The number of hydrogen-bond donors (Lipinski definition) is 5. The van der Waals surface area contributed by atoms with E-state index in [4.69, 9.17) is 14.2 Å². The van der Waals surface area contributed by atoms with Crippen molar-refractivity contribution in [2.24, 2.45) is 0 Å². The number of ether oxygens (including phenoxy) is 3. The van der Waals surface area contributed by atoms with Gasteiger partial charge in [-0.3, -0.25) is 4.79 Å². The number of methoxy groups -OCH3 is 3. The summed E-state index contributed by atoms with van der Waals surface area (Å²) in [5.41, 5.74) is 10.1. The molecule has 1 heterocycles. The van der Waals surface area contributed by atoms with Gasteiger partial charge in [-0.2, -0.15) is 5.53 Å². The molecule has 1 fully saturated rings. The lowest BCUT2D eigenvalue weighted by atomic mass is 10.2. The Labute approximate surface area is 157 Å². The molecule has 3 rings (SSSR count). The second kappa shape index (κ2) is 8.58. The third-order valence-corrected chi connectivity index (χ3v) is 4.08. The summed E-state index contributed by atoms with van der Waals surface area (Å²) in [6.07, 6.45) is -0.385. The highest BCUT2D eigenvalue weighted by atomic mass is 16.5. The Morgan fingerprint density at radius 3 is 2.22 bits per heavy atom. The SMILES string of the molecule is COc1cccc(NC2NNNC2C(=O)Nc2cc(OC)cc(OC)c2)c1. The molecule has 27 heavy (non-hydrogen) atoms. The zero-order valence-corrected chi connectivity index (χ0v) is 15.3. The smallest absolute Gasteiger partial charge is 0.246 e. The molecule has 2 aromatic carbocycles. The maximum absolute atomic E-state index is 12.7. The van der Waals surface area contributed by atoms with Gasteiger partial charge < -0.3 is 24.8 Å². The van der Waals surface area contributed by atoms with Crippen molar-refractivity contribution in [3.05, 3.63) is 42.5 Å². The average Bonchev–Trinajstić information content (AvgIpc) is 3.16. The van der Waals surface area contributed by atoms with Gasteiger partial charge in [0.15, 0.2) is 0 Å². The summed E-state index contributed by atoms with van der Waals surface area (Å²) in [5.74, 6) is 1.67. The number of hydrogen-bond acceptors (Lipinski definition) is 8.